The molecule has 0 spiro atoms. The van der Waals surface area contributed by atoms with Gasteiger partial charge in [-0.15, -0.1) is 0 Å². The highest BCUT2D eigenvalue weighted by atomic mass is 16.5. The topological polar surface area (TPSA) is 79.5 Å². The smallest absolute Gasteiger partial charge is 0.246 e. The fourth-order valence-electron chi connectivity index (χ4n) is 2.64. The predicted octanol–water partition coefficient (Wildman–Crippen LogP) is 4.51. The molecule has 2 aromatic carbocycles. The van der Waals surface area contributed by atoms with E-state index in [4.69, 9.17) is 4.74 Å². The summed E-state index contributed by atoms with van der Waals surface area (Å²) in [6.45, 7) is 8.23. The van der Waals surface area contributed by atoms with E-state index >= 15 is 0 Å². The minimum Gasteiger partial charge on any atom is -0.492 e. The van der Waals surface area contributed by atoms with E-state index < -0.39 is 6.04 Å². The first-order chi connectivity index (χ1) is 13.4. The maximum atomic E-state index is 12.5. The summed E-state index contributed by atoms with van der Waals surface area (Å²) in [7, 11) is 0. The van der Waals surface area contributed by atoms with Crippen LogP contribution in [0.15, 0.2) is 48.5 Å². The second-order valence-corrected chi connectivity index (χ2v) is 7.01. The van der Waals surface area contributed by atoms with E-state index in [-0.39, 0.29) is 11.8 Å². The number of benzene rings is 2. The van der Waals surface area contributed by atoms with E-state index in [0.717, 1.165) is 11.4 Å². The Morgan fingerprint density at radius 2 is 1.57 bits per heavy atom. The molecule has 150 valence electrons. The summed E-state index contributed by atoms with van der Waals surface area (Å²) in [6.07, 6.45) is 0.487. The van der Waals surface area contributed by atoms with Gasteiger partial charge >= 0.3 is 0 Å². The largest absolute Gasteiger partial charge is 0.492 e. The number of amides is 2. The molecular weight excluding hydrogens is 354 g/mol. The Balaban J connectivity index is 1.92. The Hall–Kier alpha value is -3.02. The van der Waals surface area contributed by atoms with Crippen LogP contribution in [0.5, 0.6) is 5.75 Å². The quantitative estimate of drug-likeness (QED) is 0.595. The van der Waals surface area contributed by atoms with Crippen molar-refractivity contribution in [2.45, 2.75) is 40.2 Å². The minimum atomic E-state index is -0.448. The lowest BCUT2D eigenvalue weighted by Gasteiger charge is -2.17. The molecule has 0 aliphatic heterocycles. The average Bonchev–Trinajstić information content (AvgIpc) is 2.64. The third-order valence-electron chi connectivity index (χ3n) is 3.98. The summed E-state index contributed by atoms with van der Waals surface area (Å²) in [5.41, 5.74) is 2.17. The molecule has 1 atom stereocenters. The van der Waals surface area contributed by atoms with Gasteiger partial charge in [-0.05, 0) is 56.2 Å². The van der Waals surface area contributed by atoms with Gasteiger partial charge in [0, 0.05) is 17.8 Å². The summed E-state index contributed by atoms with van der Waals surface area (Å²) in [5.74, 6) is 0.790. The minimum absolute atomic E-state index is 0.00332. The third kappa shape index (κ3) is 6.61. The second kappa shape index (κ2) is 10.3. The highest BCUT2D eigenvalue weighted by Gasteiger charge is 2.15. The number of hydrogen-bond donors (Lipinski definition) is 3. The zero-order valence-corrected chi connectivity index (χ0v) is 16.9. The highest BCUT2D eigenvalue weighted by Crippen LogP contribution is 2.24. The lowest BCUT2D eigenvalue weighted by molar-refractivity contribution is -0.117. The number of hydrogen-bond acceptors (Lipinski definition) is 4. The first kappa shape index (κ1) is 21.3. The monoisotopic (exact) mass is 383 g/mol. The summed E-state index contributed by atoms with van der Waals surface area (Å²) >= 11 is 0. The van der Waals surface area contributed by atoms with Crippen molar-refractivity contribution in [2.24, 2.45) is 5.92 Å². The molecule has 28 heavy (non-hydrogen) atoms. The van der Waals surface area contributed by atoms with Crippen molar-refractivity contribution in [3.8, 4) is 5.75 Å². The van der Waals surface area contributed by atoms with Crippen molar-refractivity contribution >= 4 is 28.9 Å². The standard InChI is InChI=1S/C22H29N3O3/c1-5-28-20-9-7-6-8-19(20)25-22(27)16(4)23-17-10-12-18(13-11-17)24-21(26)14-15(2)3/h6-13,15-16,23H,5,14H2,1-4H3,(H,24,26)(H,25,27). The highest BCUT2D eigenvalue weighted by molar-refractivity contribution is 5.97. The van der Waals surface area contributed by atoms with E-state index in [1.54, 1.807) is 6.92 Å². The summed E-state index contributed by atoms with van der Waals surface area (Å²) in [5, 5.41) is 8.92. The fraction of sp³-hybridized carbons (Fsp3) is 0.364. The molecule has 0 radical (unpaired) electrons. The van der Waals surface area contributed by atoms with E-state index in [0.29, 0.717) is 30.4 Å². The Labute approximate surface area is 166 Å². The zero-order chi connectivity index (χ0) is 20.5. The van der Waals surface area contributed by atoms with Crippen molar-refractivity contribution in [1.29, 1.82) is 0 Å². The van der Waals surface area contributed by atoms with Gasteiger partial charge in [0.2, 0.25) is 11.8 Å². The van der Waals surface area contributed by atoms with Crippen LogP contribution < -0.4 is 20.7 Å². The molecule has 0 aliphatic rings. The normalized spacial score (nSPS) is 11.6. The van der Waals surface area contributed by atoms with Crippen molar-refractivity contribution in [3.05, 3.63) is 48.5 Å². The van der Waals surface area contributed by atoms with Crippen molar-refractivity contribution in [2.75, 3.05) is 22.6 Å². The van der Waals surface area contributed by atoms with Gasteiger partial charge in [-0.3, -0.25) is 9.59 Å². The lowest BCUT2D eigenvalue weighted by Crippen LogP contribution is -2.32. The molecule has 1 unspecified atom stereocenters. The van der Waals surface area contributed by atoms with Crippen LogP contribution in [0.3, 0.4) is 0 Å². The molecule has 0 aromatic heterocycles. The Bertz CT molecular complexity index is 788. The van der Waals surface area contributed by atoms with Crippen LogP contribution in [-0.4, -0.2) is 24.5 Å². The lowest BCUT2D eigenvalue weighted by atomic mass is 10.1. The van der Waals surface area contributed by atoms with Gasteiger partial charge in [0.25, 0.3) is 0 Å². The molecule has 0 saturated carbocycles. The number of rotatable bonds is 9. The van der Waals surface area contributed by atoms with Gasteiger partial charge in [-0.25, -0.2) is 0 Å². The molecule has 0 heterocycles. The number of para-hydroxylation sites is 2. The molecule has 2 amide bonds. The number of carbonyl (C=O) groups excluding carboxylic acids is 2. The van der Waals surface area contributed by atoms with Crippen LogP contribution in [0.4, 0.5) is 17.1 Å². The van der Waals surface area contributed by atoms with Crippen LogP contribution in [0.2, 0.25) is 0 Å². The third-order valence-corrected chi connectivity index (χ3v) is 3.98. The first-order valence-electron chi connectivity index (χ1n) is 9.58. The molecule has 0 saturated heterocycles. The van der Waals surface area contributed by atoms with Gasteiger partial charge in [-0.1, -0.05) is 26.0 Å². The zero-order valence-electron chi connectivity index (χ0n) is 16.9. The average molecular weight is 383 g/mol. The maximum Gasteiger partial charge on any atom is 0.246 e. The van der Waals surface area contributed by atoms with Gasteiger partial charge < -0.3 is 20.7 Å². The van der Waals surface area contributed by atoms with Crippen LogP contribution in [-0.2, 0) is 9.59 Å². The fourth-order valence-corrected chi connectivity index (χ4v) is 2.64. The van der Waals surface area contributed by atoms with Gasteiger partial charge in [-0.2, -0.15) is 0 Å². The van der Waals surface area contributed by atoms with E-state index in [9.17, 15) is 9.59 Å². The molecule has 0 fully saturated rings. The van der Waals surface area contributed by atoms with Crippen molar-refractivity contribution in [1.82, 2.24) is 0 Å². The maximum absolute atomic E-state index is 12.5. The number of carbonyl (C=O) groups is 2. The van der Waals surface area contributed by atoms with Gasteiger partial charge in [0.15, 0.2) is 0 Å². The number of anilines is 3. The van der Waals surface area contributed by atoms with Crippen molar-refractivity contribution in [3.63, 3.8) is 0 Å². The van der Waals surface area contributed by atoms with Gasteiger partial charge in [0.1, 0.15) is 11.8 Å². The van der Waals surface area contributed by atoms with Crippen LogP contribution >= 0.6 is 0 Å². The van der Waals surface area contributed by atoms with E-state index in [1.165, 1.54) is 0 Å². The molecular formula is C22H29N3O3. The van der Waals surface area contributed by atoms with Crippen LogP contribution in [0.1, 0.15) is 34.1 Å². The molecule has 6 heteroatoms. The summed E-state index contributed by atoms with van der Waals surface area (Å²) in [4.78, 5) is 24.3. The molecule has 0 bridgehead atoms. The molecule has 2 rings (SSSR count). The number of nitrogens with one attached hydrogen (secondary N) is 3. The van der Waals surface area contributed by atoms with E-state index in [1.807, 2.05) is 69.3 Å². The Morgan fingerprint density at radius 1 is 0.929 bits per heavy atom. The van der Waals surface area contributed by atoms with Crippen molar-refractivity contribution < 1.29 is 14.3 Å². The van der Waals surface area contributed by atoms with Crippen LogP contribution in [0.25, 0.3) is 0 Å². The van der Waals surface area contributed by atoms with Crippen LogP contribution in [0, 0.1) is 5.92 Å². The molecule has 0 aliphatic carbocycles. The summed E-state index contributed by atoms with van der Waals surface area (Å²) < 4.78 is 5.54. The molecule has 6 nitrogen and oxygen atoms in total. The first-order valence-corrected chi connectivity index (χ1v) is 9.58. The molecule has 3 N–H and O–H groups in total. The Morgan fingerprint density at radius 3 is 2.21 bits per heavy atom. The van der Waals surface area contributed by atoms with E-state index in [2.05, 4.69) is 16.0 Å². The summed E-state index contributed by atoms with van der Waals surface area (Å²) in [6, 6.07) is 14.2. The molecule has 2 aromatic rings. The second-order valence-electron chi connectivity index (χ2n) is 7.01. The Kier molecular flexibility index (Phi) is 7.87. The predicted molar refractivity (Wildman–Crippen MR) is 114 cm³/mol. The number of ether oxygens (including phenoxy) is 1. The van der Waals surface area contributed by atoms with Gasteiger partial charge in [0.05, 0.1) is 12.3 Å². The SMILES string of the molecule is CCOc1ccccc1NC(=O)C(C)Nc1ccc(NC(=O)CC(C)C)cc1.